The van der Waals surface area contributed by atoms with Crippen LogP contribution in [-0.2, 0) is 16.4 Å². The summed E-state index contributed by atoms with van der Waals surface area (Å²) in [5.74, 6) is 0.0606. The van der Waals surface area contributed by atoms with Crippen molar-refractivity contribution in [1.82, 2.24) is 4.90 Å². The van der Waals surface area contributed by atoms with Crippen molar-refractivity contribution in [3.05, 3.63) is 64.7 Å². The Balaban J connectivity index is 1.51. The first-order chi connectivity index (χ1) is 12.1. The largest absolute Gasteiger partial charge is 0.472 e. The van der Waals surface area contributed by atoms with E-state index in [4.69, 9.17) is 4.42 Å². The minimum atomic E-state index is -3.24. The van der Waals surface area contributed by atoms with E-state index in [1.807, 2.05) is 17.5 Å². The summed E-state index contributed by atoms with van der Waals surface area (Å²) in [4.78, 5) is 2.75. The van der Waals surface area contributed by atoms with E-state index >= 15 is 0 Å². The van der Waals surface area contributed by atoms with Crippen LogP contribution >= 0.6 is 11.3 Å². The van der Waals surface area contributed by atoms with Crippen molar-refractivity contribution in [3.63, 3.8) is 0 Å². The molecule has 0 saturated carbocycles. The number of furan rings is 1. The van der Waals surface area contributed by atoms with E-state index in [0.717, 1.165) is 35.3 Å². The van der Waals surface area contributed by atoms with Gasteiger partial charge in [0, 0.05) is 31.1 Å². The number of nitrogens with zero attached hydrogens (tertiary/aromatic N) is 1. The van der Waals surface area contributed by atoms with Gasteiger partial charge in [0.05, 0.1) is 22.7 Å². The topological polar surface area (TPSA) is 50.5 Å². The fourth-order valence-electron chi connectivity index (χ4n) is 4.10. The Morgan fingerprint density at radius 2 is 2.08 bits per heavy atom. The van der Waals surface area contributed by atoms with Gasteiger partial charge in [-0.2, -0.15) is 11.3 Å². The summed E-state index contributed by atoms with van der Waals surface area (Å²) >= 11 is 1.65. The van der Waals surface area contributed by atoms with Crippen molar-refractivity contribution in [2.45, 2.75) is 22.6 Å². The Bertz CT molecular complexity index is 1010. The number of hydrogen-bond acceptors (Lipinski definition) is 5. The van der Waals surface area contributed by atoms with Gasteiger partial charge in [-0.05, 0) is 51.7 Å². The fraction of sp³-hybridized carbons (Fsp3) is 0.263. The molecule has 6 heteroatoms. The zero-order valence-electron chi connectivity index (χ0n) is 13.5. The number of thiophene rings is 1. The second-order valence-electron chi connectivity index (χ2n) is 6.78. The Morgan fingerprint density at radius 1 is 1.16 bits per heavy atom. The fourth-order valence-corrected chi connectivity index (χ4v) is 6.96. The van der Waals surface area contributed by atoms with Crippen molar-refractivity contribution in [3.8, 4) is 11.1 Å². The average Bonchev–Trinajstić information content (AvgIpc) is 3.37. The molecule has 4 heterocycles. The van der Waals surface area contributed by atoms with Gasteiger partial charge in [-0.25, -0.2) is 8.42 Å². The van der Waals surface area contributed by atoms with Crippen LogP contribution in [0, 0.1) is 0 Å². The minimum Gasteiger partial charge on any atom is -0.472 e. The van der Waals surface area contributed by atoms with Gasteiger partial charge in [0.15, 0.2) is 9.84 Å². The smallest absolute Gasteiger partial charge is 0.183 e. The molecule has 2 aromatic heterocycles. The number of hydrogen-bond donors (Lipinski definition) is 0. The predicted molar refractivity (Wildman–Crippen MR) is 97.5 cm³/mol. The minimum absolute atomic E-state index is 0.0606. The monoisotopic (exact) mass is 371 g/mol. The van der Waals surface area contributed by atoms with E-state index < -0.39 is 9.84 Å². The van der Waals surface area contributed by atoms with Gasteiger partial charge in [-0.15, -0.1) is 0 Å². The van der Waals surface area contributed by atoms with Gasteiger partial charge in [0.2, 0.25) is 0 Å². The van der Waals surface area contributed by atoms with E-state index in [1.165, 1.54) is 0 Å². The van der Waals surface area contributed by atoms with Gasteiger partial charge in [0.25, 0.3) is 0 Å². The molecule has 2 atom stereocenters. The maximum absolute atomic E-state index is 13.0. The lowest BCUT2D eigenvalue weighted by Gasteiger charge is -2.16. The first-order valence-electron chi connectivity index (χ1n) is 8.27. The van der Waals surface area contributed by atoms with E-state index in [1.54, 1.807) is 29.9 Å². The third-order valence-electron chi connectivity index (χ3n) is 5.30. The average molecular weight is 371 g/mol. The first kappa shape index (κ1) is 15.4. The zero-order valence-corrected chi connectivity index (χ0v) is 15.1. The van der Waals surface area contributed by atoms with E-state index in [2.05, 4.69) is 22.4 Å². The number of likely N-dealkylation sites (tertiary alicyclic amines) is 1. The van der Waals surface area contributed by atoms with Crippen molar-refractivity contribution in [2.24, 2.45) is 0 Å². The van der Waals surface area contributed by atoms with E-state index in [-0.39, 0.29) is 11.2 Å². The van der Waals surface area contributed by atoms with Gasteiger partial charge >= 0.3 is 0 Å². The van der Waals surface area contributed by atoms with Crippen LogP contribution in [0.4, 0.5) is 0 Å². The maximum atomic E-state index is 13.0. The highest BCUT2D eigenvalue weighted by atomic mass is 32.2. The Kier molecular flexibility index (Phi) is 3.42. The lowest BCUT2D eigenvalue weighted by Crippen LogP contribution is -2.25. The van der Waals surface area contributed by atoms with Gasteiger partial charge in [0.1, 0.15) is 0 Å². The molecule has 1 saturated heterocycles. The molecule has 0 radical (unpaired) electrons. The molecule has 2 aliphatic rings. The summed E-state index contributed by atoms with van der Waals surface area (Å²) in [5, 5.41) is 3.82. The molecule has 0 N–H and O–H groups in total. The van der Waals surface area contributed by atoms with Crippen molar-refractivity contribution in [1.29, 1.82) is 0 Å². The van der Waals surface area contributed by atoms with Crippen LogP contribution in [0.3, 0.4) is 0 Å². The molecule has 2 aliphatic heterocycles. The highest BCUT2D eigenvalue weighted by Gasteiger charge is 2.50. The van der Waals surface area contributed by atoms with Crippen LogP contribution in [0.5, 0.6) is 0 Å². The van der Waals surface area contributed by atoms with Crippen LogP contribution in [0.2, 0.25) is 0 Å². The van der Waals surface area contributed by atoms with Crippen molar-refractivity contribution in [2.75, 3.05) is 13.1 Å². The lowest BCUT2D eigenvalue weighted by molar-refractivity contribution is 0.324. The SMILES string of the molecule is O=S1(=O)c2ccc(-c3ccsc3)cc2[C@@H]2CN(Cc3ccoc3)C[C@@H]21. The third-order valence-corrected chi connectivity index (χ3v) is 8.24. The second kappa shape index (κ2) is 5.56. The first-order valence-corrected chi connectivity index (χ1v) is 10.8. The number of sulfone groups is 1. The summed E-state index contributed by atoms with van der Waals surface area (Å²) in [6.07, 6.45) is 3.39. The van der Waals surface area contributed by atoms with Crippen LogP contribution in [0.25, 0.3) is 11.1 Å². The summed E-state index contributed by atoms with van der Waals surface area (Å²) in [6, 6.07) is 9.83. The van der Waals surface area contributed by atoms with Crippen molar-refractivity contribution < 1.29 is 12.8 Å². The summed E-state index contributed by atoms with van der Waals surface area (Å²) in [7, 11) is -3.24. The Hall–Kier alpha value is -1.89. The van der Waals surface area contributed by atoms with Crippen LogP contribution in [-0.4, -0.2) is 31.7 Å². The van der Waals surface area contributed by atoms with Crippen LogP contribution < -0.4 is 0 Å². The van der Waals surface area contributed by atoms with E-state index in [0.29, 0.717) is 11.4 Å². The molecular formula is C19H17NO3S2. The number of benzene rings is 1. The molecule has 0 bridgehead atoms. The summed E-state index contributed by atoms with van der Waals surface area (Å²) < 4.78 is 31.1. The summed E-state index contributed by atoms with van der Waals surface area (Å²) in [6.45, 7) is 2.09. The standard InChI is InChI=1S/C19H17NO3S2/c21-25(22)18-2-1-14(15-4-6-24-12-15)7-16(18)17-9-20(10-19(17)25)8-13-3-5-23-11-13/h1-7,11-12,17,19H,8-10H2/t17-,19-/m0/s1. The molecule has 0 aliphatic carbocycles. The van der Waals surface area contributed by atoms with Gasteiger partial charge in [-0.3, -0.25) is 4.90 Å². The normalized spacial score (nSPS) is 24.3. The quantitative estimate of drug-likeness (QED) is 0.703. The predicted octanol–water partition coefficient (Wildman–Crippen LogP) is 3.76. The van der Waals surface area contributed by atoms with Crippen molar-refractivity contribution >= 4 is 21.2 Å². The second-order valence-corrected chi connectivity index (χ2v) is 9.70. The molecule has 25 heavy (non-hydrogen) atoms. The third kappa shape index (κ3) is 2.39. The molecular weight excluding hydrogens is 354 g/mol. The molecule has 128 valence electrons. The summed E-state index contributed by atoms with van der Waals surface area (Å²) in [5.41, 5.74) is 4.33. The highest BCUT2D eigenvalue weighted by Crippen LogP contribution is 2.46. The van der Waals surface area contributed by atoms with Gasteiger partial charge in [-0.1, -0.05) is 6.07 Å². The highest BCUT2D eigenvalue weighted by molar-refractivity contribution is 7.92. The van der Waals surface area contributed by atoms with Crippen LogP contribution in [0.1, 0.15) is 17.0 Å². The zero-order chi connectivity index (χ0) is 17.0. The molecule has 3 aromatic rings. The molecule has 1 fully saturated rings. The molecule has 0 spiro atoms. The van der Waals surface area contributed by atoms with Crippen LogP contribution in [0.15, 0.2) is 62.9 Å². The number of rotatable bonds is 3. The Morgan fingerprint density at radius 3 is 2.84 bits per heavy atom. The molecule has 5 rings (SSSR count). The van der Waals surface area contributed by atoms with E-state index in [9.17, 15) is 8.42 Å². The number of fused-ring (bicyclic) bond motifs is 3. The lowest BCUT2D eigenvalue weighted by atomic mass is 9.95. The van der Waals surface area contributed by atoms with Gasteiger partial charge < -0.3 is 4.42 Å². The molecule has 1 aromatic carbocycles. The molecule has 4 nitrogen and oxygen atoms in total. The Labute approximate surface area is 150 Å². The maximum Gasteiger partial charge on any atom is 0.183 e. The molecule has 0 amide bonds. The molecule has 0 unspecified atom stereocenters.